The third-order valence-corrected chi connectivity index (χ3v) is 6.21. The van der Waals surface area contributed by atoms with Crippen molar-refractivity contribution in [3.63, 3.8) is 0 Å². The van der Waals surface area contributed by atoms with E-state index in [2.05, 4.69) is 0 Å². The first-order chi connectivity index (χ1) is 17.5. The molecule has 1 aliphatic heterocycles. The Morgan fingerprint density at radius 2 is 1.64 bits per heavy atom. The average Bonchev–Trinajstić information content (AvgIpc) is 2.93. The van der Waals surface area contributed by atoms with E-state index in [9.17, 15) is 9.59 Å². The molecule has 3 aromatic carbocycles. The maximum atomic E-state index is 13.6. The summed E-state index contributed by atoms with van der Waals surface area (Å²) in [5.74, 6) is 0.367. The summed E-state index contributed by atoms with van der Waals surface area (Å²) >= 11 is 0. The number of hydrogen-bond acceptors (Lipinski definition) is 7. The Bertz CT molecular complexity index is 1300. The first-order valence-corrected chi connectivity index (χ1v) is 11.4. The maximum Gasteiger partial charge on any atom is 0.316 e. The second-order valence-electron chi connectivity index (χ2n) is 8.19. The number of carbonyl (C=O) groups is 2. The lowest BCUT2D eigenvalue weighted by atomic mass is 9.83. The van der Waals surface area contributed by atoms with Crippen molar-refractivity contribution in [2.45, 2.75) is 18.9 Å². The number of rotatable bonds is 7. The molecule has 2 unspecified atom stereocenters. The van der Waals surface area contributed by atoms with Gasteiger partial charge < -0.3 is 23.8 Å². The van der Waals surface area contributed by atoms with Gasteiger partial charge in [-0.2, -0.15) is 5.26 Å². The zero-order valence-corrected chi connectivity index (χ0v) is 20.3. The van der Waals surface area contributed by atoms with E-state index in [-0.39, 0.29) is 23.8 Å². The van der Waals surface area contributed by atoms with Crippen molar-refractivity contribution in [2.75, 3.05) is 26.2 Å². The van der Waals surface area contributed by atoms with Gasteiger partial charge in [0, 0.05) is 23.7 Å². The number of esters is 1. The van der Waals surface area contributed by atoms with E-state index in [0.717, 1.165) is 0 Å². The van der Waals surface area contributed by atoms with Gasteiger partial charge in [-0.1, -0.05) is 18.2 Å². The summed E-state index contributed by atoms with van der Waals surface area (Å²) in [7, 11) is 4.56. The van der Waals surface area contributed by atoms with Gasteiger partial charge in [0.15, 0.2) is 11.5 Å². The van der Waals surface area contributed by atoms with E-state index in [1.165, 1.54) is 19.2 Å². The Balaban J connectivity index is 1.77. The van der Waals surface area contributed by atoms with Crippen LogP contribution in [0.3, 0.4) is 0 Å². The molecule has 0 aromatic heterocycles. The Morgan fingerprint density at radius 3 is 2.31 bits per heavy atom. The van der Waals surface area contributed by atoms with Gasteiger partial charge in [-0.15, -0.1) is 0 Å². The van der Waals surface area contributed by atoms with Crippen molar-refractivity contribution in [3.05, 3.63) is 77.9 Å². The molecular weight excluding hydrogens is 460 g/mol. The van der Waals surface area contributed by atoms with Crippen LogP contribution >= 0.6 is 0 Å². The molecular formula is C28H26N2O6. The molecule has 8 heteroatoms. The van der Waals surface area contributed by atoms with Crippen molar-refractivity contribution in [1.82, 2.24) is 0 Å². The molecule has 0 radical (unpaired) electrons. The second kappa shape index (κ2) is 10.8. The standard InChI is InChI=1S/C28H26N2O6/c1-33-20-11-9-19(10-12-20)30-26(31)15-13-22(27(30)21-6-4-5-7-23(21)34-2)28(32)36-24-14-8-18(17-29)16-25(24)35-3/h4-12,14,16,22,27H,13,15H2,1-3H3. The van der Waals surface area contributed by atoms with E-state index in [1.54, 1.807) is 55.5 Å². The number of ether oxygens (including phenoxy) is 4. The third-order valence-electron chi connectivity index (χ3n) is 6.21. The minimum atomic E-state index is -0.693. The summed E-state index contributed by atoms with van der Waals surface area (Å²) in [6.07, 6.45) is 0.466. The van der Waals surface area contributed by atoms with Gasteiger partial charge in [-0.3, -0.25) is 9.59 Å². The lowest BCUT2D eigenvalue weighted by Crippen LogP contribution is -2.46. The highest BCUT2D eigenvalue weighted by molar-refractivity contribution is 5.97. The largest absolute Gasteiger partial charge is 0.497 e. The highest BCUT2D eigenvalue weighted by atomic mass is 16.6. The van der Waals surface area contributed by atoms with Crippen molar-refractivity contribution in [3.8, 4) is 29.1 Å². The highest BCUT2D eigenvalue weighted by Crippen LogP contribution is 2.44. The van der Waals surface area contributed by atoms with E-state index in [0.29, 0.717) is 34.7 Å². The SMILES string of the molecule is COc1ccc(N2C(=O)CCC(C(=O)Oc3ccc(C#N)cc3OC)C2c2ccccc2OC)cc1. The van der Waals surface area contributed by atoms with Crippen LogP contribution < -0.4 is 23.8 Å². The first-order valence-electron chi connectivity index (χ1n) is 11.4. The Morgan fingerprint density at radius 1 is 0.917 bits per heavy atom. The number of carbonyl (C=O) groups excluding carboxylic acids is 2. The molecule has 36 heavy (non-hydrogen) atoms. The first kappa shape index (κ1) is 24.6. The van der Waals surface area contributed by atoms with Crippen molar-refractivity contribution in [1.29, 1.82) is 5.26 Å². The average molecular weight is 487 g/mol. The van der Waals surface area contributed by atoms with Crippen LogP contribution in [0.5, 0.6) is 23.0 Å². The number of piperidine rings is 1. The fourth-order valence-corrected chi connectivity index (χ4v) is 4.46. The summed E-state index contributed by atoms with van der Waals surface area (Å²) < 4.78 is 22.0. The molecule has 1 heterocycles. The van der Waals surface area contributed by atoms with Gasteiger partial charge in [0.1, 0.15) is 11.5 Å². The van der Waals surface area contributed by atoms with Crippen LogP contribution in [0.1, 0.15) is 30.0 Å². The molecule has 1 aliphatic rings. The Kier molecular flexibility index (Phi) is 7.40. The summed E-state index contributed by atoms with van der Waals surface area (Å²) in [5.41, 5.74) is 1.70. The van der Waals surface area contributed by atoms with Crippen LogP contribution in [0.25, 0.3) is 0 Å². The minimum Gasteiger partial charge on any atom is -0.497 e. The van der Waals surface area contributed by atoms with E-state index in [4.69, 9.17) is 24.2 Å². The van der Waals surface area contributed by atoms with Gasteiger partial charge in [0.05, 0.1) is 44.9 Å². The molecule has 2 atom stereocenters. The van der Waals surface area contributed by atoms with Crippen LogP contribution in [-0.4, -0.2) is 33.2 Å². The molecule has 0 saturated carbocycles. The fraction of sp³-hybridized carbons (Fsp3) is 0.250. The topological polar surface area (TPSA) is 98.1 Å². The predicted octanol–water partition coefficient (Wildman–Crippen LogP) is 4.67. The number of nitriles is 1. The third kappa shape index (κ3) is 4.82. The molecule has 4 rings (SSSR count). The van der Waals surface area contributed by atoms with Crippen molar-refractivity contribution < 1.29 is 28.5 Å². The number of methoxy groups -OCH3 is 3. The van der Waals surface area contributed by atoms with Gasteiger partial charge in [-0.05, 0) is 48.9 Å². The number of hydrogen-bond donors (Lipinski definition) is 0. The van der Waals surface area contributed by atoms with Gasteiger partial charge in [-0.25, -0.2) is 0 Å². The van der Waals surface area contributed by atoms with Gasteiger partial charge in [0.25, 0.3) is 0 Å². The van der Waals surface area contributed by atoms with Crippen LogP contribution in [0.4, 0.5) is 5.69 Å². The lowest BCUT2D eigenvalue weighted by Gasteiger charge is -2.40. The summed E-state index contributed by atoms with van der Waals surface area (Å²) in [5, 5.41) is 9.17. The van der Waals surface area contributed by atoms with Gasteiger partial charge in [0.2, 0.25) is 5.91 Å². The molecule has 3 aromatic rings. The van der Waals surface area contributed by atoms with Crippen LogP contribution in [0.15, 0.2) is 66.7 Å². The van der Waals surface area contributed by atoms with Crippen LogP contribution in [0, 0.1) is 17.2 Å². The number of amides is 1. The van der Waals surface area contributed by atoms with E-state index >= 15 is 0 Å². The minimum absolute atomic E-state index is 0.115. The second-order valence-corrected chi connectivity index (χ2v) is 8.19. The zero-order valence-electron chi connectivity index (χ0n) is 20.3. The fourth-order valence-electron chi connectivity index (χ4n) is 4.46. The molecule has 0 spiro atoms. The Labute approximate surface area is 209 Å². The Hall–Kier alpha value is -4.51. The molecule has 0 aliphatic carbocycles. The number of para-hydroxylation sites is 1. The molecule has 8 nitrogen and oxygen atoms in total. The lowest BCUT2D eigenvalue weighted by molar-refractivity contribution is -0.141. The van der Waals surface area contributed by atoms with Crippen molar-refractivity contribution >= 4 is 17.6 Å². The molecule has 184 valence electrons. The number of benzene rings is 3. The number of nitrogens with zero attached hydrogens (tertiary/aromatic N) is 2. The zero-order chi connectivity index (χ0) is 25.7. The molecule has 1 amide bonds. The van der Waals surface area contributed by atoms with Gasteiger partial charge >= 0.3 is 5.97 Å². The van der Waals surface area contributed by atoms with Crippen molar-refractivity contribution in [2.24, 2.45) is 5.92 Å². The maximum absolute atomic E-state index is 13.6. The summed E-state index contributed by atoms with van der Waals surface area (Å²) in [6.45, 7) is 0. The quantitative estimate of drug-likeness (QED) is 0.353. The van der Waals surface area contributed by atoms with E-state index < -0.39 is 17.9 Å². The normalized spacial score (nSPS) is 17.2. The highest BCUT2D eigenvalue weighted by Gasteiger charge is 2.43. The summed E-state index contributed by atoms with van der Waals surface area (Å²) in [4.78, 5) is 28.5. The molecule has 0 N–H and O–H groups in total. The predicted molar refractivity (Wildman–Crippen MR) is 132 cm³/mol. The number of anilines is 1. The molecule has 1 fully saturated rings. The van der Waals surface area contributed by atoms with Crippen LogP contribution in [-0.2, 0) is 9.59 Å². The van der Waals surface area contributed by atoms with Crippen LogP contribution in [0.2, 0.25) is 0 Å². The molecule has 1 saturated heterocycles. The molecule has 0 bridgehead atoms. The summed E-state index contributed by atoms with van der Waals surface area (Å²) in [6, 6.07) is 20.4. The van der Waals surface area contributed by atoms with E-state index in [1.807, 2.05) is 24.3 Å². The smallest absolute Gasteiger partial charge is 0.316 e. The monoisotopic (exact) mass is 486 g/mol.